The van der Waals surface area contributed by atoms with Gasteiger partial charge in [-0.1, -0.05) is 0 Å². The number of anilines is 1. The molecule has 2 rings (SSSR count). The topological polar surface area (TPSA) is 102 Å². The van der Waals surface area contributed by atoms with Crippen LogP contribution in [0.5, 0.6) is 0 Å². The zero-order valence-corrected chi connectivity index (χ0v) is 14.1. The summed E-state index contributed by atoms with van der Waals surface area (Å²) >= 11 is 1.27. The van der Waals surface area contributed by atoms with E-state index in [0.717, 1.165) is 0 Å². The fourth-order valence-corrected chi connectivity index (χ4v) is 2.98. The third-order valence-corrected chi connectivity index (χ3v) is 4.57. The predicted molar refractivity (Wildman–Crippen MR) is 90.5 cm³/mol. The summed E-state index contributed by atoms with van der Waals surface area (Å²) in [7, 11) is 0. The molecule has 2 aromatic rings. The Morgan fingerprint density at radius 3 is 2.70 bits per heavy atom. The molecule has 7 nitrogen and oxygen atoms in total. The van der Waals surface area contributed by atoms with Gasteiger partial charge in [0.25, 0.3) is 5.91 Å². The van der Waals surface area contributed by atoms with Crippen molar-refractivity contribution in [3.8, 4) is 0 Å². The van der Waals surface area contributed by atoms with E-state index in [9.17, 15) is 9.59 Å². The average molecular weight is 335 g/mol. The molecule has 0 spiro atoms. The molecule has 2 amide bonds. The van der Waals surface area contributed by atoms with Crippen molar-refractivity contribution in [2.75, 3.05) is 5.32 Å². The average Bonchev–Trinajstić information content (AvgIpc) is 3.17. The lowest BCUT2D eigenvalue weighted by Crippen LogP contribution is -2.45. The third-order valence-electron chi connectivity index (χ3n) is 3.74. The van der Waals surface area contributed by atoms with Crippen molar-refractivity contribution < 1.29 is 9.59 Å². The van der Waals surface area contributed by atoms with Gasteiger partial charge in [0.1, 0.15) is 5.00 Å². The van der Waals surface area contributed by atoms with Gasteiger partial charge < -0.3 is 16.4 Å². The number of carbonyl (C=O) groups is 2. The van der Waals surface area contributed by atoms with E-state index in [1.807, 2.05) is 30.8 Å². The first kappa shape index (κ1) is 17.2. The van der Waals surface area contributed by atoms with Crippen LogP contribution in [0.1, 0.15) is 37.2 Å². The number of thiophene rings is 1. The monoisotopic (exact) mass is 335 g/mol. The molecule has 0 bridgehead atoms. The van der Waals surface area contributed by atoms with Crippen LogP contribution in [0.25, 0.3) is 0 Å². The van der Waals surface area contributed by atoms with Gasteiger partial charge in [-0.3, -0.25) is 14.3 Å². The molecule has 8 heteroatoms. The molecule has 0 saturated heterocycles. The first-order valence-electron chi connectivity index (χ1n) is 7.33. The van der Waals surface area contributed by atoms with Crippen molar-refractivity contribution in [2.24, 2.45) is 5.73 Å². The van der Waals surface area contributed by atoms with Crippen molar-refractivity contribution >= 4 is 28.2 Å². The van der Waals surface area contributed by atoms with E-state index in [1.165, 1.54) is 11.3 Å². The number of nitrogens with one attached hydrogen (secondary N) is 2. The number of aromatic nitrogens is 2. The molecule has 2 heterocycles. The van der Waals surface area contributed by atoms with Gasteiger partial charge in [0.15, 0.2) is 0 Å². The second kappa shape index (κ2) is 7.38. The first-order valence-corrected chi connectivity index (χ1v) is 8.21. The Balaban J connectivity index is 1.94. The highest BCUT2D eigenvalue weighted by Gasteiger charge is 2.21. The van der Waals surface area contributed by atoms with Gasteiger partial charge in [0, 0.05) is 18.4 Å². The lowest BCUT2D eigenvalue weighted by atomic mass is 10.1. The first-order chi connectivity index (χ1) is 10.9. The molecule has 2 aromatic heterocycles. The van der Waals surface area contributed by atoms with Crippen LogP contribution in [0.3, 0.4) is 0 Å². The number of rotatable bonds is 7. The minimum absolute atomic E-state index is 0.0367. The van der Waals surface area contributed by atoms with Gasteiger partial charge in [0.05, 0.1) is 17.6 Å². The van der Waals surface area contributed by atoms with E-state index in [4.69, 9.17) is 5.73 Å². The molecule has 124 valence electrons. The minimum atomic E-state index is -0.553. The number of hydrogen-bond donors (Lipinski definition) is 3. The maximum Gasteiger partial charge on any atom is 0.251 e. The van der Waals surface area contributed by atoms with Crippen LogP contribution in [0.15, 0.2) is 29.9 Å². The molecule has 0 aliphatic rings. The lowest BCUT2D eigenvalue weighted by molar-refractivity contribution is -0.118. The fourth-order valence-electron chi connectivity index (χ4n) is 2.18. The number of hydrogen-bond acceptors (Lipinski definition) is 5. The minimum Gasteiger partial charge on any atom is -0.366 e. The molecule has 0 aliphatic carbocycles. The second-order valence-corrected chi connectivity index (χ2v) is 6.34. The molecular weight excluding hydrogens is 314 g/mol. The Bertz CT molecular complexity index is 667. The van der Waals surface area contributed by atoms with Gasteiger partial charge in [0.2, 0.25) is 5.91 Å². The van der Waals surface area contributed by atoms with Crippen LogP contribution in [0, 0.1) is 0 Å². The number of nitrogens with zero attached hydrogens (tertiary/aromatic N) is 2. The Morgan fingerprint density at radius 1 is 1.35 bits per heavy atom. The Labute approximate surface area is 138 Å². The number of primary amides is 1. The van der Waals surface area contributed by atoms with Crippen LogP contribution in [-0.4, -0.2) is 33.7 Å². The summed E-state index contributed by atoms with van der Waals surface area (Å²) in [5, 5.41) is 12.4. The largest absolute Gasteiger partial charge is 0.366 e. The second-order valence-electron chi connectivity index (χ2n) is 5.42. The van der Waals surface area contributed by atoms with Crippen molar-refractivity contribution in [2.45, 2.75) is 38.9 Å². The standard InChI is InChI=1S/C15H21N5O2S/c1-9(11(3)20-7-4-6-17-20)18-10(2)14(22)19-15-12(13(16)21)5-8-23-15/h4-11,18H,1-3H3,(H2,16,21)(H,19,22)/t9-,10-,11+/m0/s1. The summed E-state index contributed by atoms with van der Waals surface area (Å²) in [6.07, 6.45) is 3.61. The van der Waals surface area contributed by atoms with Gasteiger partial charge in [-0.05, 0) is 38.3 Å². The third kappa shape index (κ3) is 4.17. The summed E-state index contributed by atoms with van der Waals surface area (Å²) in [6.45, 7) is 5.80. The van der Waals surface area contributed by atoms with E-state index >= 15 is 0 Å². The molecule has 0 aromatic carbocycles. The van der Waals surface area contributed by atoms with Crippen molar-refractivity contribution in [3.63, 3.8) is 0 Å². The van der Waals surface area contributed by atoms with Crippen molar-refractivity contribution in [1.82, 2.24) is 15.1 Å². The number of nitrogens with two attached hydrogens (primary N) is 1. The SMILES string of the molecule is C[C@H](N[C@@H](C)[C@@H](C)n1cccn1)C(=O)Nc1sccc1C(N)=O. The van der Waals surface area contributed by atoms with E-state index in [-0.39, 0.29) is 18.0 Å². The fraction of sp³-hybridized carbons (Fsp3) is 0.400. The smallest absolute Gasteiger partial charge is 0.251 e. The van der Waals surface area contributed by atoms with Crippen molar-refractivity contribution in [3.05, 3.63) is 35.5 Å². The van der Waals surface area contributed by atoms with E-state index in [1.54, 1.807) is 24.6 Å². The molecular formula is C15H21N5O2S. The highest BCUT2D eigenvalue weighted by atomic mass is 32.1. The van der Waals surface area contributed by atoms with E-state index < -0.39 is 11.9 Å². The zero-order valence-electron chi connectivity index (χ0n) is 13.3. The van der Waals surface area contributed by atoms with E-state index in [0.29, 0.717) is 10.6 Å². The maximum atomic E-state index is 12.3. The summed E-state index contributed by atoms with van der Waals surface area (Å²) in [6, 6.07) is 3.17. The highest BCUT2D eigenvalue weighted by molar-refractivity contribution is 7.14. The van der Waals surface area contributed by atoms with Gasteiger partial charge >= 0.3 is 0 Å². The highest BCUT2D eigenvalue weighted by Crippen LogP contribution is 2.22. The Hall–Kier alpha value is -2.19. The molecule has 4 N–H and O–H groups in total. The number of carbonyl (C=O) groups excluding carboxylic acids is 2. The van der Waals surface area contributed by atoms with E-state index in [2.05, 4.69) is 15.7 Å². The molecule has 0 unspecified atom stereocenters. The normalized spacial score (nSPS) is 14.9. The predicted octanol–water partition coefficient (Wildman–Crippen LogP) is 1.61. The Kier molecular flexibility index (Phi) is 5.51. The molecule has 3 atom stereocenters. The Morgan fingerprint density at radius 2 is 2.09 bits per heavy atom. The van der Waals surface area contributed by atoms with Gasteiger partial charge in [-0.25, -0.2) is 0 Å². The van der Waals surface area contributed by atoms with Gasteiger partial charge in [-0.2, -0.15) is 5.10 Å². The molecule has 0 fully saturated rings. The summed E-state index contributed by atoms with van der Waals surface area (Å²) in [5.41, 5.74) is 5.60. The molecule has 0 saturated carbocycles. The summed E-state index contributed by atoms with van der Waals surface area (Å²) in [5.74, 6) is -0.766. The molecule has 0 aliphatic heterocycles. The number of amides is 2. The quantitative estimate of drug-likeness (QED) is 0.715. The van der Waals surface area contributed by atoms with Crippen LogP contribution in [0.2, 0.25) is 0 Å². The summed E-state index contributed by atoms with van der Waals surface area (Å²) < 4.78 is 1.84. The maximum absolute atomic E-state index is 12.3. The van der Waals surface area contributed by atoms with Gasteiger partial charge in [-0.15, -0.1) is 11.3 Å². The van der Waals surface area contributed by atoms with Crippen LogP contribution >= 0.6 is 11.3 Å². The molecule has 0 radical (unpaired) electrons. The van der Waals surface area contributed by atoms with Crippen LogP contribution in [0.4, 0.5) is 5.00 Å². The van der Waals surface area contributed by atoms with Crippen LogP contribution < -0.4 is 16.4 Å². The zero-order chi connectivity index (χ0) is 17.0. The summed E-state index contributed by atoms with van der Waals surface area (Å²) in [4.78, 5) is 23.6. The van der Waals surface area contributed by atoms with Crippen molar-refractivity contribution in [1.29, 1.82) is 0 Å². The van der Waals surface area contributed by atoms with Crippen LogP contribution in [-0.2, 0) is 4.79 Å². The lowest BCUT2D eigenvalue weighted by Gasteiger charge is -2.25. The molecule has 23 heavy (non-hydrogen) atoms.